The molecule has 56 valence electrons. The molecule has 2 N–H and O–H groups in total. The molecule has 0 bridgehead atoms. The van der Waals surface area contributed by atoms with Crippen LogP contribution in [0.2, 0.25) is 0 Å². The largest absolute Gasteiger partial charge is 0.313 e. The van der Waals surface area contributed by atoms with Gasteiger partial charge in [-0.1, -0.05) is 0 Å². The Hall–Kier alpha value is -0.990. The Morgan fingerprint density at radius 3 is 1.10 bits per heavy atom. The summed E-state index contributed by atoms with van der Waals surface area (Å²) in [5.74, 6) is 0. The number of hydrogen-bond acceptors (Lipinski definition) is 5. The van der Waals surface area contributed by atoms with E-state index in [1.165, 1.54) is 0 Å². The zero-order chi connectivity index (χ0) is 8.99. The van der Waals surface area contributed by atoms with Gasteiger partial charge in [0.2, 0.25) is 12.2 Å². The Morgan fingerprint density at radius 2 is 1.10 bits per heavy atom. The summed E-state index contributed by atoms with van der Waals surface area (Å²) in [6.07, 6.45) is 1.50. The lowest BCUT2D eigenvalue weighted by Crippen LogP contribution is -1.46. The van der Waals surface area contributed by atoms with Gasteiger partial charge in [0.1, 0.15) is 0 Å². The molecule has 0 saturated carbocycles. The van der Waals surface area contributed by atoms with Crippen molar-refractivity contribution in [3.63, 3.8) is 0 Å². The van der Waals surface area contributed by atoms with Gasteiger partial charge in [0.25, 0.3) is 0 Å². The molecule has 0 fully saturated rings. The van der Waals surface area contributed by atoms with Crippen molar-refractivity contribution in [1.82, 2.24) is 0 Å². The van der Waals surface area contributed by atoms with Crippen molar-refractivity contribution < 1.29 is 14.4 Å². The molecule has 10 heavy (non-hydrogen) atoms. The molecule has 5 nitrogen and oxygen atoms in total. The summed E-state index contributed by atoms with van der Waals surface area (Å²) < 4.78 is -0.889. The minimum atomic E-state index is -0.889. The second-order valence-electron chi connectivity index (χ2n) is 0.430. The summed E-state index contributed by atoms with van der Waals surface area (Å²) >= 11 is 8.80. The highest BCUT2D eigenvalue weighted by atomic mass is 35.5. The topological polar surface area (TPSA) is 98.9 Å². The molecule has 0 aromatic carbocycles. The average molecular weight is 185 g/mol. The first-order chi connectivity index (χ1) is 4.56. The van der Waals surface area contributed by atoms with Gasteiger partial charge in [0.15, 0.2) is 0 Å². The van der Waals surface area contributed by atoms with Crippen molar-refractivity contribution in [2.45, 2.75) is 0 Å². The van der Waals surface area contributed by atoms with Crippen LogP contribution < -0.4 is 0 Å². The van der Waals surface area contributed by atoms with E-state index in [1.807, 2.05) is 0 Å². The molecular formula is C3H2Cl2N2O3. The van der Waals surface area contributed by atoms with Crippen molar-refractivity contribution in [2.75, 3.05) is 0 Å². The number of halogens is 2. The Bertz CT molecular complexity index is 130. The molecular weight excluding hydrogens is 183 g/mol. The molecule has 0 aliphatic heterocycles. The Morgan fingerprint density at radius 1 is 1.10 bits per heavy atom. The van der Waals surface area contributed by atoms with E-state index in [1.54, 1.807) is 0 Å². The summed E-state index contributed by atoms with van der Waals surface area (Å²) in [4.78, 5) is 25.7. The van der Waals surface area contributed by atoms with Crippen molar-refractivity contribution in [1.29, 1.82) is 10.8 Å². The quantitative estimate of drug-likeness (QED) is 0.338. The van der Waals surface area contributed by atoms with Gasteiger partial charge in [0, 0.05) is 0 Å². The fraction of sp³-hybridized carbons (Fsp3) is 0. The van der Waals surface area contributed by atoms with Crippen LogP contribution in [0.1, 0.15) is 0 Å². The minimum absolute atomic E-state index is 0.750. The zero-order valence-corrected chi connectivity index (χ0v) is 5.99. The van der Waals surface area contributed by atoms with E-state index in [9.17, 15) is 0 Å². The van der Waals surface area contributed by atoms with Gasteiger partial charge in [0.05, 0.1) is 0 Å². The van der Waals surface area contributed by atoms with Crippen LogP contribution in [-0.4, -0.2) is 16.9 Å². The first-order valence-corrected chi connectivity index (χ1v) is 2.25. The van der Waals surface area contributed by atoms with E-state index in [0.29, 0.717) is 0 Å². The van der Waals surface area contributed by atoms with Crippen LogP contribution >= 0.6 is 23.2 Å². The van der Waals surface area contributed by atoms with Gasteiger partial charge in [-0.3, -0.25) is 4.79 Å². The average Bonchev–Trinajstić information content (AvgIpc) is 1.65. The number of carbonyl (C=O) groups is 1. The SMILES string of the molecule is N=C=O.N=C=O.O=C(Cl)Cl. The van der Waals surface area contributed by atoms with Crippen LogP contribution in [0.4, 0.5) is 4.79 Å². The van der Waals surface area contributed by atoms with Crippen LogP contribution in [0.15, 0.2) is 0 Å². The van der Waals surface area contributed by atoms with Crippen molar-refractivity contribution >= 4 is 40.1 Å². The smallest absolute Gasteiger partial charge is 0.262 e. The summed E-state index contributed by atoms with van der Waals surface area (Å²) in [6.45, 7) is 0. The fourth-order valence-corrected chi connectivity index (χ4v) is 0. The van der Waals surface area contributed by atoms with Gasteiger partial charge in [-0.2, -0.15) is 0 Å². The number of hydrogen-bond donors (Lipinski definition) is 2. The maximum Gasteiger partial charge on any atom is 0.313 e. The van der Waals surface area contributed by atoms with Crippen molar-refractivity contribution in [3.8, 4) is 0 Å². The standard InChI is InChI=1S/CCl2O.2CHNO/c2-1(3)4;2*2-1-3/h;2*2H. The normalized spacial score (nSPS) is 4.20. The zero-order valence-electron chi connectivity index (χ0n) is 4.48. The monoisotopic (exact) mass is 184 g/mol. The molecule has 0 saturated heterocycles. The lowest BCUT2D eigenvalue weighted by Gasteiger charge is -1.48. The van der Waals surface area contributed by atoms with Crippen LogP contribution in [0.3, 0.4) is 0 Å². The number of nitrogens with one attached hydrogen (secondary N) is 2. The first kappa shape index (κ1) is 16.0. The Balaban J connectivity index is -0.0000000750. The molecule has 0 aromatic heterocycles. The minimum Gasteiger partial charge on any atom is -0.262 e. The van der Waals surface area contributed by atoms with E-state index in [0.717, 1.165) is 12.2 Å². The van der Waals surface area contributed by atoms with Gasteiger partial charge in [-0.25, -0.2) is 20.4 Å². The molecule has 0 unspecified atom stereocenters. The molecule has 0 aromatic rings. The molecule has 7 heteroatoms. The van der Waals surface area contributed by atoms with Gasteiger partial charge in [-0.15, -0.1) is 0 Å². The summed E-state index contributed by atoms with van der Waals surface area (Å²) in [7, 11) is 0. The Kier molecular flexibility index (Phi) is 39.2. The molecule has 0 aliphatic rings. The maximum absolute atomic E-state index is 8.98. The second-order valence-corrected chi connectivity index (χ2v) is 1.31. The molecule has 0 aliphatic carbocycles. The molecule has 0 spiro atoms. The lowest BCUT2D eigenvalue weighted by molar-refractivity contribution is 0.275. The highest BCUT2D eigenvalue weighted by molar-refractivity contribution is 6.93. The van der Waals surface area contributed by atoms with Crippen LogP contribution in [0.5, 0.6) is 0 Å². The number of rotatable bonds is 0. The molecule has 0 amide bonds. The van der Waals surface area contributed by atoms with Gasteiger partial charge >= 0.3 is 4.70 Å². The number of carbonyl (C=O) groups excluding carboxylic acids is 3. The third-order valence-electron chi connectivity index (χ3n) is 0. The molecule has 0 heterocycles. The molecule has 0 atom stereocenters. The summed E-state index contributed by atoms with van der Waals surface area (Å²) in [6, 6.07) is 0. The van der Waals surface area contributed by atoms with Crippen LogP contribution in [-0.2, 0) is 9.59 Å². The predicted octanol–water partition coefficient (Wildman–Crippen LogP) is 1.39. The molecule has 0 radical (unpaired) electrons. The highest BCUT2D eigenvalue weighted by Gasteiger charge is 1.72. The second kappa shape index (κ2) is 24.5. The highest BCUT2D eigenvalue weighted by Crippen LogP contribution is 1.84. The van der Waals surface area contributed by atoms with Gasteiger partial charge < -0.3 is 0 Å². The van der Waals surface area contributed by atoms with Crippen LogP contribution in [0, 0.1) is 10.8 Å². The van der Waals surface area contributed by atoms with Gasteiger partial charge in [-0.05, 0) is 23.2 Å². The van der Waals surface area contributed by atoms with E-state index in [4.69, 9.17) is 25.2 Å². The first-order valence-electron chi connectivity index (χ1n) is 1.49. The van der Waals surface area contributed by atoms with Crippen molar-refractivity contribution in [3.05, 3.63) is 0 Å². The predicted molar refractivity (Wildman–Crippen MR) is 33.9 cm³/mol. The van der Waals surface area contributed by atoms with Crippen molar-refractivity contribution in [2.24, 2.45) is 0 Å². The summed E-state index contributed by atoms with van der Waals surface area (Å²) in [5, 5.41) is 10.8. The lowest BCUT2D eigenvalue weighted by atomic mass is 11.7. The summed E-state index contributed by atoms with van der Waals surface area (Å²) in [5.41, 5.74) is 0. The third-order valence-corrected chi connectivity index (χ3v) is 0. The maximum atomic E-state index is 8.98. The van der Waals surface area contributed by atoms with Crippen LogP contribution in [0.25, 0.3) is 0 Å². The third kappa shape index (κ3) is 258. The Labute approximate surface area is 65.9 Å². The van der Waals surface area contributed by atoms with E-state index < -0.39 is 4.70 Å². The molecule has 0 rings (SSSR count). The van der Waals surface area contributed by atoms with E-state index in [-0.39, 0.29) is 0 Å². The number of isocyanates is 2. The van der Waals surface area contributed by atoms with E-state index >= 15 is 0 Å². The fourth-order valence-electron chi connectivity index (χ4n) is 0. The van der Waals surface area contributed by atoms with E-state index in [2.05, 4.69) is 23.2 Å².